The SMILES string of the molecule is COc1ccc(C(N)CC(=O)O)cc1C(F)(F)F. The maximum atomic E-state index is 12.7. The van der Waals surface area contributed by atoms with Crippen molar-refractivity contribution in [2.24, 2.45) is 5.73 Å². The van der Waals surface area contributed by atoms with Crippen LogP contribution in [0.25, 0.3) is 0 Å². The minimum absolute atomic E-state index is 0.102. The maximum absolute atomic E-state index is 12.7. The van der Waals surface area contributed by atoms with E-state index >= 15 is 0 Å². The van der Waals surface area contributed by atoms with Gasteiger partial charge in [0.15, 0.2) is 0 Å². The van der Waals surface area contributed by atoms with Crippen LogP contribution in [-0.2, 0) is 11.0 Å². The maximum Gasteiger partial charge on any atom is 0.419 e. The van der Waals surface area contributed by atoms with Gasteiger partial charge in [0, 0.05) is 6.04 Å². The molecule has 1 aromatic rings. The largest absolute Gasteiger partial charge is 0.496 e. The molecule has 0 bridgehead atoms. The Morgan fingerprint density at radius 1 is 1.50 bits per heavy atom. The highest BCUT2D eigenvalue weighted by Gasteiger charge is 2.34. The van der Waals surface area contributed by atoms with Crippen LogP contribution in [0.3, 0.4) is 0 Å². The van der Waals surface area contributed by atoms with E-state index in [1.54, 1.807) is 0 Å². The second-order valence-electron chi connectivity index (χ2n) is 3.66. The molecule has 1 aromatic carbocycles. The van der Waals surface area contributed by atoms with E-state index < -0.39 is 30.2 Å². The van der Waals surface area contributed by atoms with Gasteiger partial charge in [0.05, 0.1) is 19.1 Å². The summed E-state index contributed by atoms with van der Waals surface area (Å²) < 4.78 is 42.7. The van der Waals surface area contributed by atoms with Gasteiger partial charge in [-0.05, 0) is 17.7 Å². The van der Waals surface area contributed by atoms with E-state index in [0.717, 1.165) is 19.2 Å². The van der Waals surface area contributed by atoms with E-state index in [9.17, 15) is 18.0 Å². The van der Waals surface area contributed by atoms with Crippen LogP contribution in [0.2, 0.25) is 0 Å². The molecule has 0 heterocycles. The van der Waals surface area contributed by atoms with Gasteiger partial charge in [-0.3, -0.25) is 4.79 Å². The van der Waals surface area contributed by atoms with Crippen molar-refractivity contribution in [2.45, 2.75) is 18.6 Å². The Morgan fingerprint density at radius 2 is 2.11 bits per heavy atom. The summed E-state index contributed by atoms with van der Waals surface area (Å²) in [7, 11) is 1.13. The summed E-state index contributed by atoms with van der Waals surface area (Å²) in [5, 5.41) is 8.55. The summed E-state index contributed by atoms with van der Waals surface area (Å²) in [6, 6.07) is 2.27. The zero-order chi connectivity index (χ0) is 13.9. The zero-order valence-corrected chi connectivity index (χ0v) is 9.49. The van der Waals surface area contributed by atoms with E-state index in [0.29, 0.717) is 0 Å². The standard InChI is InChI=1S/C11H12F3NO3/c1-18-9-3-2-6(8(15)5-10(16)17)4-7(9)11(12,13)14/h2-4,8H,5,15H2,1H3,(H,16,17). The lowest BCUT2D eigenvalue weighted by Crippen LogP contribution is -2.16. The predicted octanol–water partition coefficient (Wildman–Crippen LogP) is 2.19. The number of benzene rings is 1. The second kappa shape index (κ2) is 5.26. The number of ether oxygens (including phenoxy) is 1. The smallest absolute Gasteiger partial charge is 0.419 e. The van der Waals surface area contributed by atoms with Gasteiger partial charge in [-0.25, -0.2) is 0 Å². The fourth-order valence-electron chi connectivity index (χ4n) is 1.48. The Morgan fingerprint density at radius 3 is 2.56 bits per heavy atom. The Bertz CT molecular complexity index is 446. The van der Waals surface area contributed by atoms with Crippen molar-refractivity contribution in [3.63, 3.8) is 0 Å². The minimum atomic E-state index is -4.58. The summed E-state index contributed by atoms with van der Waals surface area (Å²) in [4.78, 5) is 10.5. The predicted molar refractivity (Wildman–Crippen MR) is 57.2 cm³/mol. The highest BCUT2D eigenvalue weighted by molar-refractivity contribution is 5.68. The Balaban J connectivity index is 3.14. The Labute approximate surface area is 101 Å². The highest BCUT2D eigenvalue weighted by Crippen LogP contribution is 2.37. The average molecular weight is 263 g/mol. The molecule has 1 unspecified atom stereocenters. The van der Waals surface area contributed by atoms with Crippen LogP contribution in [0.5, 0.6) is 5.75 Å². The number of alkyl halides is 3. The first-order valence-electron chi connectivity index (χ1n) is 4.98. The Kier molecular flexibility index (Phi) is 4.18. The first kappa shape index (κ1) is 14.3. The number of halogens is 3. The third-order valence-electron chi connectivity index (χ3n) is 2.35. The van der Waals surface area contributed by atoms with Gasteiger partial charge in [-0.2, -0.15) is 13.2 Å². The molecule has 0 radical (unpaired) electrons. The molecule has 0 aliphatic carbocycles. The van der Waals surface area contributed by atoms with E-state index in [1.807, 2.05) is 0 Å². The van der Waals surface area contributed by atoms with Crippen LogP contribution in [0, 0.1) is 0 Å². The molecule has 0 spiro atoms. The summed E-state index contributed by atoms with van der Waals surface area (Å²) in [6.45, 7) is 0. The average Bonchev–Trinajstić information content (AvgIpc) is 2.26. The van der Waals surface area contributed by atoms with Crippen molar-refractivity contribution in [3.05, 3.63) is 29.3 Å². The molecule has 3 N–H and O–H groups in total. The van der Waals surface area contributed by atoms with Crippen LogP contribution < -0.4 is 10.5 Å². The number of hydrogen-bond donors (Lipinski definition) is 2. The summed E-state index contributed by atoms with van der Waals surface area (Å²) in [6.07, 6.45) is -5.02. The van der Waals surface area contributed by atoms with Crippen LogP contribution in [0.1, 0.15) is 23.6 Å². The van der Waals surface area contributed by atoms with E-state index in [1.165, 1.54) is 6.07 Å². The quantitative estimate of drug-likeness (QED) is 0.873. The van der Waals surface area contributed by atoms with Crippen LogP contribution in [0.15, 0.2) is 18.2 Å². The first-order valence-corrected chi connectivity index (χ1v) is 4.98. The molecular weight excluding hydrogens is 251 g/mol. The molecule has 1 atom stereocenters. The van der Waals surface area contributed by atoms with Crippen molar-refractivity contribution in [2.75, 3.05) is 7.11 Å². The number of carboxylic acid groups (broad SMARTS) is 1. The molecule has 18 heavy (non-hydrogen) atoms. The van der Waals surface area contributed by atoms with Gasteiger partial charge < -0.3 is 15.6 Å². The van der Waals surface area contributed by atoms with Crippen molar-refractivity contribution >= 4 is 5.97 Å². The van der Waals surface area contributed by atoms with Gasteiger partial charge in [0.1, 0.15) is 5.75 Å². The summed E-state index contributed by atoms with van der Waals surface area (Å²) in [5.74, 6) is -1.50. The third kappa shape index (κ3) is 3.36. The summed E-state index contributed by atoms with van der Waals surface area (Å²) in [5.41, 5.74) is 4.64. The van der Waals surface area contributed by atoms with Crippen molar-refractivity contribution in [1.29, 1.82) is 0 Å². The van der Waals surface area contributed by atoms with Gasteiger partial charge in [-0.1, -0.05) is 6.07 Å². The molecule has 100 valence electrons. The Hall–Kier alpha value is -1.76. The number of carboxylic acids is 1. The number of rotatable bonds is 4. The number of methoxy groups -OCH3 is 1. The monoisotopic (exact) mass is 263 g/mol. The molecule has 1 rings (SSSR count). The van der Waals surface area contributed by atoms with Gasteiger partial charge in [0.2, 0.25) is 0 Å². The fraction of sp³-hybridized carbons (Fsp3) is 0.364. The zero-order valence-electron chi connectivity index (χ0n) is 9.49. The molecule has 0 saturated carbocycles. The molecule has 0 aliphatic rings. The van der Waals surface area contributed by atoms with Crippen molar-refractivity contribution < 1.29 is 27.8 Å². The van der Waals surface area contributed by atoms with Crippen molar-refractivity contribution in [3.8, 4) is 5.75 Å². The van der Waals surface area contributed by atoms with Crippen molar-refractivity contribution in [1.82, 2.24) is 0 Å². The lowest BCUT2D eigenvalue weighted by atomic mass is 10.0. The molecule has 0 saturated heterocycles. The number of aliphatic carboxylic acids is 1. The van der Waals surface area contributed by atoms with Gasteiger partial charge in [0.25, 0.3) is 0 Å². The van der Waals surface area contributed by atoms with Crippen LogP contribution >= 0.6 is 0 Å². The normalized spacial score (nSPS) is 13.2. The molecule has 7 heteroatoms. The minimum Gasteiger partial charge on any atom is -0.496 e. The van der Waals surface area contributed by atoms with Gasteiger partial charge in [-0.15, -0.1) is 0 Å². The number of nitrogens with two attached hydrogens (primary N) is 1. The fourth-order valence-corrected chi connectivity index (χ4v) is 1.48. The van der Waals surface area contributed by atoms with E-state index in [-0.39, 0.29) is 11.3 Å². The lowest BCUT2D eigenvalue weighted by Gasteiger charge is -2.16. The molecule has 0 aromatic heterocycles. The molecular formula is C11H12F3NO3. The molecule has 0 aliphatic heterocycles. The second-order valence-corrected chi connectivity index (χ2v) is 3.66. The third-order valence-corrected chi connectivity index (χ3v) is 2.35. The first-order chi connectivity index (χ1) is 8.25. The topological polar surface area (TPSA) is 72.5 Å². The van der Waals surface area contributed by atoms with Crippen LogP contribution in [-0.4, -0.2) is 18.2 Å². The summed E-state index contributed by atoms with van der Waals surface area (Å²) >= 11 is 0. The molecule has 0 fully saturated rings. The van der Waals surface area contributed by atoms with Crippen LogP contribution in [0.4, 0.5) is 13.2 Å². The lowest BCUT2D eigenvalue weighted by molar-refractivity contribution is -0.139. The number of carbonyl (C=O) groups is 1. The highest BCUT2D eigenvalue weighted by atomic mass is 19.4. The molecule has 4 nitrogen and oxygen atoms in total. The van der Waals surface area contributed by atoms with E-state index in [2.05, 4.69) is 4.74 Å². The van der Waals surface area contributed by atoms with E-state index in [4.69, 9.17) is 10.8 Å². The van der Waals surface area contributed by atoms with Gasteiger partial charge >= 0.3 is 12.1 Å². The number of hydrogen-bond acceptors (Lipinski definition) is 3. The molecule has 0 amide bonds.